The van der Waals surface area contributed by atoms with Crippen molar-refractivity contribution < 1.29 is 14.3 Å². The van der Waals surface area contributed by atoms with Crippen LogP contribution >= 0.6 is 0 Å². The summed E-state index contributed by atoms with van der Waals surface area (Å²) in [5.74, 6) is 1.56. The first-order valence-corrected chi connectivity index (χ1v) is 9.86. The van der Waals surface area contributed by atoms with E-state index in [1.807, 2.05) is 13.8 Å². The number of aromatic nitrogens is 4. The Morgan fingerprint density at radius 1 is 1.06 bits per heavy atom. The molecule has 162 valence electrons. The zero-order valence-electron chi connectivity index (χ0n) is 18.2. The van der Waals surface area contributed by atoms with Crippen molar-refractivity contribution in [3.63, 3.8) is 0 Å². The van der Waals surface area contributed by atoms with E-state index >= 15 is 0 Å². The molecule has 1 atom stereocenters. The monoisotopic (exact) mass is 423 g/mol. The van der Waals surface area contributed by atoms with E-state index in [1.54, 1.807) is 39.2 Å². The molecule has 0 unspecified atom stereocenters. The van der Waals surface area contributed by atoms with Gasteiger partial charge in [0, 0.05) is 37.5 Å². The number of amides is 1. The second-order valence-corrected chi connectivity index (χ2v) is 7.32. The van der Waals surface area contributed by atoms with Crippen LogP contribution in [0.3, 0.4) is 0 Å². The third-order valence-corrected chi connectivity index (χ3v) is 4.50. The van der Waals surface area contributed by atoms with Crippen molar-refractivity contribution in [2.45, 2.75) is 33.3 Å². The van der Waals surface area contributed by atoms with E-state index in [0.29, 0.717) is 34.2 Å². The van der Waals surface area contributed by atoms with Crippen molar-refractivity contribution in [1.82, 2.24) is 24.8 Å². The number of ether oxygens (including phenoxy) is 2. The van der Waals surface area contributed by atoms with Gasteiger partial charge in [0.05, 0.1) is 18.5 Å². The summed E-state index contributed by atoms with van der Waals surface area (Å²) in [4.78, 5) is 40.6. The Morgan fingerprint density at radius 2 is 1.74 bits per heavy atom. The van der Waals surface area contributed by atoms with Gasteiger partial charge in [-0.05, 0) is 32.4 Å². The molecule has 0 aliphatic carbocycles. The average Bonchev–Trinajstić information content (AvgIpc) is 2.75. The first kappa shape index (κ1) is 21.9. The Bertz CT molecular complexity index is 1130. The van der Waals surface area contributed by atoms with Crippen molar-refractivity contribution in [2.24, 2.45) is 0 Å². The number of aromatic amines is 1. The lowest BCUT2D eigenvalue weighted by Gasteiger charge is -2.15. The fourth-order valence-corrected chi connectivity index (χ4v) is 2.57. The molecule has 3 rings (SSSR count). The van der Waals surface area contributed by atoms with Crippen LogP contribution in [-0.2, 0) is 0 Å². The summed E-state index contributed by atoms with van der Waals surface area (Å²) in [6.07, 6.45) is 5.20. The summed E-state index contributed by atoms with van der Waals surface area (Å²) in [5, 5.41) is 0. The maximum atomic E-state index is 12.0. The molecule has 0 aliphatic rings. The smallest absolute Gasteiger partial charge is 0.291 e. The molecule has 0 spiro atoms. The van der Waals surface area contributed by atoms with Crippen LogP contribution < -0.4 is 15.0 Å². The summed E-state index contributed by atoms with van der Waals surface area (Å²) in [5.41, 5.74) is 0.945. The Kier molecular flexibility index (Phi) is 6.64. The molecule has 0 fully saturated rings. The molecule has 1 aromatic carbocycles. The topological polar surface area (TPSA) is 110 Å². The van der Waals surface area contributed by atoms with Crippen LogP contribution in [-0.4, -0.2) is 50.9 Å². The average molecular weight is 423 g/mol. The van der Waals surface area contributed by atoms with E-state index in [9.17, 15) is 9.59 Å². The fraction of sp³-hybridized carbons (Fsp3) is 0.318. The predicted molar refractivity (Wildman–Crippen MR) is 116 cm³/mol. The summed E-state index contributed by atoms with van der Waals surface area (Å²) in [6, 6.07) is 5.26. The van der Waals surface area contributed by atoms with E-state index in [1.165, 1.54) is 23.5 Å². The molecule has 9 nitrogen and oxygen atoms in total. The summed E-state index contributed by atoms with van der Waals surface area (Å²) in [7, 11) is 3.26. The summed E-state index contributed by atoms with van der Waals surface area (Å²) < 4.78 is 11.8. The van der Waals surface area contributed by atoms with Crippen LogP contribution in [0.2, 0.25) is 0 Å². The normalized spacial score (nSPS) is 11.6. The lowest BCUT2D eigenvalue weighted by Crippen LogP contribution is -2.23. The van der Waals surface area contributed by atoms with Crippen molar-refractivity contribution in [2.75, 3.05) is 14.1 Å². The first-order chi connectivity index (χ1) is 14.8. The van der Waals surface area contributed by atoms with Crippen molar-refractivity contribution >= 4 is 5.91 Å². The molecule has 1 N–H and O–H groups in total. The molecule has 0 saturated heterocycles. The number of carbonyl (C=O) groups excluding carboxylic acids is 1. The maximum Gasteiger partial charge on any atom is 0.291 e. The Balaban J connectivity index is 1.94. The van der Waals surface area contributed by atoms with E-state index in [4.69, 9.17) is 9.47 Å². The van der Waals surface area contributed by atoms with Crippen LogP contribution in [0.4, 0.5) is 0 Å². The number of nitrogens with one attached hydrogen (secondary N) is 1. The van der Waals surface area contributed by atoms with Crippen molar-refractivity contribution in [3.05, 3.63) is 58.5 Å². The maximum absolute atomic E-state index is 12.0. The first-order valence-electron chi connectivity index (χ1n) is 9.86. The van der Waals surface area contributed by atoms with Crippen LogP contribution in [0.5, 0.6) is 17.2 Å². The zero-order valence-corrected chi connectivity index (χ0v) is 18.2. The summed E-state index contributed by atoms with van der Waals surface area (Å²) in [6.45, 7) is 5.68. The van der Waals surface area contributed by atoms with Crippen molar-refractivity contribution in [3.8, 4) is 28.6 Å². The molecule has 9 heteroatoms. The minimum absolute atomic E-state index is 0.00668. The Morgan fingerprint density at radius 3 is 2.35 bits per heavy atom. The number of nitrogens with zero attached hydrogens (tertiary/aromatic N) is 4. The number of H-pyrrole nitrogens is 1. The molecule has 1 amide bonds. The Labute approximate surface area is 180 Å². The van der Waals surface area contributed by atoms with Gasteiger partial charge in [-0.25, -0.2) is 15.0 Å². The van der Waals surface area contributed by atoms with Crippen LogP contribution in [0, 0.1) is 6.92 Å². The largest absolute Gasteiger partial charge is 0.491 e. The fourth-order valence-electron chi connectivity index (χ4n) is 2.57. The quantitative estimate of drug-likeness (QED) is 0.621. The minimum atomic E-state index is -0.299. The van der Waals surface area contributed by atoms with E-state index < -0.39 is 0 Å². The number of benzene rings is 1. The highest BCUT2D eigenvalue weighted by Crippen LogP contribution is 2.31. The molecule has 0 bridgehead atoms. The summed E-state index contributed by atoms with van der Waals surface area (Å²) >= 11 is 0. The Hall–Kier alpha value is -3.75. The standard InChI is InChI=1S/C22H25N5O4/c1-6-14(3)30-16-7-15(19-23-10-13(2)21(28)26-19)8-17(9-16)31-18-11-24-20(25-12-18)22(29)27(4)5/h7-12,14H,6H2,1-5H3,(H,23,26,28)/t14-/m0/s1. The SMILES string of the molecule is CC[C@H](C)Oc1cc(Oc2cnc(C(=O)N(C)C)nc2)cc(-c2ncc(C)c(=O)[nH]2)c1. The van der Waals surface area contributed by atoms with Crippen LogP contribution in [0.1, 0.15) is 36.5 Å². The third-order valence-electron chi connectivity index (χ3n) is 4.50. The van der Waals surface area contributed by atoms with Gasteiger partial charge in [-0.2, -0.15) is 0 Å². The zero-order chi connectivity index (χ0) is 22.5. The van der Waals surface area contributed by atoms with E-state index in [0.717, 1.165) is 6.42 Å². The molecule has 0 saturated carbocycles. The second kappa shape index (κ2) is 9.38. The van der Waals surface area contributed by atoms with Gasteiger partial charge < -0.3 is 19.4 Å². The van der Waals surface area contributed by atoms with Gasteiger partial charge in [0.2, 0.25) is 5.82 Å². The molecule has 3 aromatic rings. The number of hydrogen-bond acceptors (Lipinski definition) is 7. The molecule has 2 aromatic heterocycles. The highest BCUT2D eigenvalue weighted by atomic mass is 16.5. The number of rotatable bonds is 7. The minimum Gasteiger partial charge on any atom is -0.491 e. The van der Waals surface area contributed by atoms with Gasteiger partial charge in [0.15, 0.2) is 5.75 Å². The van der Waals surface area contributed by atoms with E-state index in [2.05, 4.69) is 19.9 Å². The van der Waals surface area contributed by atoms with Crippen LogP contribution in [0.25, 0.3) is 11.4 Å². The van der Waals surface area contributed by atoms with Gasteiger partial charge in [-0.3, -0.25) is 9.59 Å². The molecule has 0 aliphatic heterocycles. The number of aryl methyl sites for hydroxylation is 1. The highest BCUT2D eigenvalue weighted by Gasteiger charge is 2.13. The lowest BCUT2D eigenvalue weighted by molar-refractivity contribution is 0.0815. The molecule has 31 heavy (non-hydrogen) atoms. The van der Waals surface area contributed by atoms with Crippen LogP contribution in [0.15, 0.2) is 41.6 Å². The molecule has 2 heterocycles. The number of carbonyl (C=O) groups is 1. The molecule has 0 radical (unpaired) electrons. The van der Waals surface area contributed by atoms with Gasteiger partial charge in [-0.1, -0.05) is 6.92 Å². The van der Waals surface area contributed by atoms with Gasteiger partial charge in [0.25, 0.3) is 11.5 Å². The lowest BCUT2D eigenvalue weighted by atomic mass is 10.1. The highest BCUT2D eigenvalue weighted by molar-refractivity contribution is 5.89. The third kappa shape index (κ3) is 5.44. The van der Waals surface area contributed by atoms with Crippen molar-refractivity contribution in [1.29, 1.82) is 0 Å². The predicted octanol–water partition coefficient (Wildman–Crippen LogP) is 3.21. The second-order valence-electron chi connectivity index (χ2n) is 7.32. The number of hydrogen-bond donors (Lipinski definition) is 1. The molecular formula is C22H25N5O4. The van der Waals surface area contributed by atoms with Gasteiger partial charge in [0.1, 0.15) is 17.3 Å². The van der Waals surface area contributed by atoms with E-state index in [-0.39, 0.29) is 23.4 Å². The van der Waals surface area contributed by atoms with Gasteiger partial charge in [-0.15, -0.1) is 0 Å². The van der Waals surface area contributed by atoms with Gasteiger partial charge >= 0.3 is 0 Å². The molecular weight excluding hydrogens is 398 g/mol.